The van der Waals surface area contributed by atoms with Crippen LogP contribution >= 0.6 is 0 Å². The van der Waals surface area contributed by atoms with Crippen LogP contribution in [0, 0.1) is 27.7 Å². The van der Waals surface area contributed by atoms with Gasteiger partial charge in [0.25, 0.3) is 0 Å². The Kier molecular flexibility index (Phi) is 7.15. The molecule has 0 saturated carbocycles. The smallest absolute Gasteiger partial charge is 0.165 e. The topological polar surface area (TPSA) is 51.9 Å². The Labute approximate surface area is 271 Å². The third-order valence-corrected chi connectivity index (χ3v) is 9.51. The highest BCUT2D eigenvalue weighted by Gasteiger charge is 2.32. The summed E-state index contributed by atoms with van der Waals surface area (Å²) in [5, 5.41) is 16.6. The quantitative estimate of drug-likeness (QED) is 0.189. The Bertz CT molecular complexity index is 2180. The van der Waals surface area contributed by atoms with E-state index in [0.29, 0.717) is 0 Å². The Morgan fingerprint density at radius 2 is 0.739 bits per heavy atom. The van der Waals surface area contributed by atoms with Crippen LogP contribution in [0.15, 0.2) is 66.7 Å². The molecule has 0 saturated heterocycles. The molecule has 7 rings (SSSR count). The van der Waals surface area contributed by atoms with Gasteiger partial charge in [0.05, 0.1) is 17.1 Å². The van der Waals surface area contributed by atoms with E-state index in [4.69, 9.17) is 15.3 Å². The minimum atomic E-state index is 0.200. The van der Waals surface area contributed by atoms with Gasteiger partial charge in [-0.3, -0.25) is 0 Å². The summed E-state index contributed by atoms with van der Waals surface area (Å²) >= 11 is 0. The van der Waals surface area contributed by atoms with Crippen LogP contribution < -0.4 is 0 Å². The lowest BCUT2D eigenvalue weighted by atomic mass is 9.93. The summed E-state index contributed by atoms with van der Waals surface area (Å²) in [6, 6.07) is 23.6. The fourth-order valence-corrected chi connectivity index (χ4v) is 7.47. The maximum Gasteiger partial charge on any atom is 0.165 e. The Morgan fingerprint density at radius 1 is 0.413 bits per heavy atom. The maximum atomic E-state index is 5.55. The molecule has 6 heteroatoms. The maximum absolute atomic E-state index is 5.55. The van der Waals surface area contributed by atoms with Gasteiger partial charge in [0.1, 0.15) is 0 Å². The van der Waals surface area contributed by atoms with Gasteiger partial charge in [-0.05, 0) is 67.7 Å². The summed E-state index contributed by atoms with van der Waals surface area (Å²) in [5.74, 6) is 0.608. The summed E-state index contributed by atoms with van der Waals surface area (Å²) in [7, 11) is 0. The van der Waals surface area contributed by atoms with Gasteiger partial charge in [0.2, 0.25) is 0 Å². The largest absolute Gasteiger partial charge is 0.196 e. The van der Waals surface area contributed by atoms with Crippen molar-refractivity contribution in [2.45, 2.75) is 87.0 Å². The van der Waals surface area contributed by atoms with E-state index in [9.17, 15) is 0 Å². The minimum Gasteiger partial charge on any atom is -0.196 e. The normalized spacial score (nSPS) is 12.3. The number of hydrogen-bond acceptors (Lipinski definition) is 3. The fraction of sp³-hybridized carbons (Fsp3) is 0.325. The highest BCUT2D eigenvalue weighted by Crippen LogP contribution is 2.42. The van der Waals surface area contributed by atoms with Gasteiger partial charge in [-0.2, -0.15) is 28.8 Å². The number of benzene rings is 3. The van der Waals surface area contributed by atoms with Crippen molar-refractivity contribution >= 4 is 16.9 Å². The van der Waals surface area contributed by atoms with Crippen molar-refractivity contribution < 1.29 is 0 Å². The van der Waals surface area contributed by atoms with Crippen molar-refractivity contribution in [3.8, 4) is 33.8 Å². The third-order valence-electron chi connectivity index (χ3n) is 9.51. The van der Waals surface area contributed by atoms with Crippen LogP contribution in [-0.4, -0.2) is 28.8 Å². The molecule has 0 spiro atoms. The molecule has 0 bridgehead atoms. The van der Waals surface area contributed by atoms with Crippen LogP contribution in [0.5, 0.6) is 0 Å². The summed E-state index contributed by atoms with van der Waals surface area (Å²) < 4.78 is 6.47. The molecule has 46 heavy (non-hydrogen) atoms. The zero-order chi connectivity index (χ0) is 32.6. The van der Waals surface area contributed by atoms with Crippen molar-refractivity contribution in [1.82, 2.24) is 28.8 Å². The highest BCUT2D eigenvalue weighted by atomic mass is 15.5. The standard InChI is InChI=1S/C40H44N6/c1-22(2)30-35(29-20-12-11-13-21-29)41-44-38(30)45-40(32(24(5)6)37(42-45)34-27(9)18-15-19-28(34)10)46-39(44)31(23(3)4)36(43-46)33-25(7)16-14-17-26(33)8/h11-24H,1-10H3. The monoisotopic (exact) mass is 608 g/mol. The Balaban J connectivity index is 1.80. The van der Waals surface area contributed by atoms with E-state index >= 15 is 0 Å². The van der Waals surface area contributed by atoms with Crippen molar-refractivity contribution in [3.05, 3.63) is 106 Å². The first-order chi connectivity index (χ1) is 22.0. The number of rotatable bonds is 6. The van der Waals surface area contributed by atoms with Crippen molar-refractivity contribution in [2.75, 3.05) is 0 Å². The number of aryl methyl sites for hydroxylation is 4. The third kappa shape index (κ3) is 4.33. The molecule has 0 amide bonds. The van der Waals surface area contributed by atoms with Crippen LogP contribution in [0.3, 0.4) is 0 Å². The Hall–Kier alpha value is -4.71. The molecular weight excluding hydrogens is 564 g/mol. The van der Waals surface area contributed by atoms with E-state index in [2.05, 4.69) is 150 Å². The van der Waals surface area contributed by atoms with Gasteiger partial charge in [-0.1, -0.05) is 108 Å². The fourth-order valence-electron chi connectivity index (χ4n) is 7.47. The predicted octanol–water partition coefficient (Wildman–Crippen LogP) is 10.2. The number of fused-ring (bicyclic) bond motifs is 6. The van der Waals surface area contributed by atoms with E-state index in [1.807, 2.05) is 0 Å². The van der Waals surface area contributed by atoms with Gasteiger partial charge < -0.3 is 0 Å². The van der Waals surface area contributed by atoms with Crippen molar-refractivity contribution in [1.29, 1.82) is 0 Å². The molecule has 0 fully saturated rings. The van der Waals surface area contributed by atoms with Gasteiger partial charge in [-0.15, -0.1) is 0 Å². The summed E-state index contributed by atoms with van der Waals surface area (Å²) in [6.45, 7) is 22.4. The molecule has 4 aromatic heterocycles. The van der Waals surface area contributed by atoms with E-state index in [1.165, 1.54) is 50.1 Å². The van der Waals surface area contributed by atoms with Crippen molar-refractivity contribution in [2.24, 2.45) is 0 Å². The molecule has 0 radical (unpaired) electrons. The molecule has 6 nitrogen and oxygen atoms in total. The zero-order valence-corrected chi connectivity index (χ0v) is 28.8. The molecule has 4 heterocycles. The number of nitrogens with zero attached hydrogens (tertiary/aromatic N) is 6. The molecule has 0 aliphatic carbocycles. The van der Waals surface area contributed by atoms with Gasteiger partial charge in [0, 0.05) is 33.4 Å². The molecule has 0 aliphatic rings. The molecule has 234 valence electrons. The van der Waals surface area contributed by atoms with Crippen LogP contribution in [-0.2, 0) is 0 Å². The first kappa shape index (κ1) is 30.0. The molecule has 0 atom stereocenters. The summed E-state index contributed by atoms with van der Waals surface area (Å²) in [4.78, 5) is 0. The average Bonchev–Trinajstić information content (AvgIpc) is 3.69. The lowest BCUT2D eigenvalue weighted by Crippen LogP contribution is -2.09. The van der Waals surface area contributed by atoms with Gasteiger partial charge in [0.15, 0.2) is 16.9 Å². The summed E-state index contributed by atoms with van der Waals surface area (Å²) in [5.41, 5.74) is 18.0. The second-order valence-corrected chi connectivity index (χ2v) is 13.9. The van der Waals surface area contributed by atoms with E-state index in [0.717, 1.165) is 39.6 Å². The van der Waals surface area contributed by atoms with Crippen LogP contribution in [0.1, 0.15) is 98.2 Å². The van der Waals surface area contributed by atoms with Crippen molar-refractivity contribution in [3.63, 3.8) is 0 Å². The Morgan fingerprint density at radius 3 is 1.09 bits per heavy atom. The first-order valence-electron chi connectivity index (χ1n) is 16.6. The second-order valence-electron chi connectivity index (χ2n) is 13.9. The molecule has 0 N–H and O–H groups in total. The van der Waals surface area contributed by atoms with Gasteiger partial charge in [-0.25, -0.2) is 0 Å². The number of aromatic nitrogens is 6. The molecule has 3 aromatic carbocycles. The van der Waals surface area contributed by atoms with E-state index < -0.39 is 0 Å². The SMILES string of the molecule is Cc1cccc(C)c1-c1nn2c(c1C(C)C)n1nc(-c3ccccc3)c(C(C)C)c1n1nc(-c3c(C)cccc3C)c(C(C)C)c12. The van der Waals surface area contributed by atoms with Gasteiger partial charge >= 0.3 is 0 Å². The van der Waals surface area contributed by atoms with E-state index in [-0.39, 0.29) is 17.8 Å². The molecular formula is C40H44N6. The zero-order valence-electron chi connectivity index (χ0n) is 28.8. The molecule has 0 unspecified atom stereocenters. The van der Waals surface area contributed by atoms with Crippen LogP contribution in [0.4, 0.5) is 0 Å². The lowest BCUT2D eigenvalue weighted by molar-refractivity contribution is 0.802. The lowest BCUT2D eigenvalue weighted by Gasteiger charge is -2.13. The summed E-state index contributed by atoms with van der Waals surface area (Å²) in [6.07, 6.45) is 0. The average molecular weight is 609 g/mol. The number of hydrogen-bond donors (Lipinski definition) is 0. The van der Waals surface area contributed by atoms with E-state index in [1.54, 1.807) is 0 Å². The first-order valence-corrected chi connectivity index (χ1v) is 16.6. The molecule has 0 aliphatic heterocycles. The van der Waals surface area contributed by atoms with Crippen LogP contribution in [0.25, 0.3) is 50.7 Å². The second kappa shape index (κ2) is 11.0. The van der Waals surface area contributed by atoms with Crippen LogP contribution in [0.2, 0.25) is 0 Å². The molecule has 7 aromatic rings. The minimum absolute atomic E-state index is 0.200. The highest BCUT2D eigenvalue weighted by molar-refractivity contribution is 5.85. The predicted molar refractivity (Wildman–Crippen MR) is 190 cm³/mol.